The normalized spacial score (nSPS) is 10.8. The second-order valence-electron chi connectivity index (χ2n) is 4.34. The fourth-order valence-corrected chi connectivity index (χ4v) is 2.59. The molecule has 0 atom stereocenters. The van der Waals surface area contributed by atoms with Crippen LogP contribution in [0, 0.1) is 0 Å². The van der Waals surface area contributed by atoms with E-state index in [0.29, 0.717) is 0 Å². The molecule has 2 heterocycles. The lowest BCUT2D eigenvalue weighted by molar-refractivity contribution is 0.392. The molecule has 0 fully saturated rings. The fourth-order valence-electron chi connectivity index (χ4n) is 2.14. The molecule has 0 aliphatic heterocycles. The van der Waals surface area contributed by atoms with Gasteiger partial charge in [0, 0.05) is 17.1 Å². The number of methoxy groups -OCH3 is 1. The number of halogens is 1. The van der Waals surface area contributed by atoms with E-state index < -0.39 is 0 Å². The molecule has 0 saturated heterocycles. The summed E-state index contributed by atoms with van der Waals surface area (Å²) in [6.07, 6.45) is 2.83. The van der Waals surface area contributed by atoms with E-state index in [1.807, 2.05) is 40.9 Å². The Morgan fingerprint density at radius 2 is 2.05 bits per heavy atom. The molecule has 0 unspecified atom stereocenters. The van der Waals surface area contributed by atoms with Crippen LogP contribution in [0.1, 0.15) is 11.3 Å². The molecule has 2 aromatic heterocycles. The lowest BCUT2D eigenvalue weighted by atomic mass is 10.1. The molecule has 0 aliphatic rings. The van der Waals surface area contributed by atoms with Gasteiger partial charge in [0.15, 0.2) is 5.88 Å². The molecular formula is C15H13BrN2O. The van der Waals surface area contributed by atoms with Crippen molar-refractivity contribution in [2.24, 2.45) is 0 Å². The van der Waals surface area contributed by atoms with E-state index in [4.69, 9.17) is 4.74 Å². The number of pyridine rings is 1. The van der Waals surface area contributed by atoms with Gasteiger partial charge in [-0.05, 0) is 29.8 Å². The Morgan fingerprint density at radius 3 is 2.84 bits per heavy atom. The van der Waals surface area contributed by atoms with Crippen LogP contribution in [0.4, 0.5) is 0 Å². The van der Waals surface area contributed by atoms with E-state index in [-0.39, 0.29) is 0 Å². The van der Waals surface area contributed by atoms with Crippen molar-refractivity contribution < 1.29 is 4.74 Å². The molecule has 0 N–H and O–H groups in total. The van der Waals surface area contributed by atoms with Crippen molar-refractivity contribution >= 4 is 21.6 Å². The number of hydrogen-bond donors (Lipinski definition) is 0. The third-order valence-electron chi connectivity index (χ3n) is 2.99. The SMILES string of the molecule is COc1cccc2nc(Cc3cccc(Br)c3)cn12. The number of benzene rings is 1. The largest absolute Gasteiger partial charge is 0.482 e. The zero-order chi connectivity index (χ0) is 13.2. The van der Waals surface area contributed by atoms with Crippen molar-refractivity contribution in [2.45, 2.75) is 6.42 Å². The smallest absolute Gasteiger partial charge is 0.198 e. The molecule has 0 radical (unpaired) electrons. The summed E-state index contributed by atoms with van der Waals surface area (Å²) in [4.78, 5) is 4.61. The quantitative estimate of drug-likeness (QED) is 0.736. The van der Waals surface area contributed by atoms with Gasteiger partial charge in [0.05, 0.1) is 12.8 Å². The van der Waals surface area contributed by atoms with E-state index in [1.165, 1.54) is 5.56 Å². The number of nitrogens with zero attached hydrogens (tertiary/aromatic N) is 2. The third-order valence-corrected chi connectivity index (χ3v) is 3.48. The Balaban J connectivity index is 1.98. The molecule has 3 nitrogen and oxygen atoms in total. The van der Waals surface area contributed by atoms with E-state index >= 15 is 0 Å². The van der Waals surface area contributed by atoms with Gasteiger partial charge in [0.25, 0.3) is 0 Å². The Morgan fingerprint density at radius 1 is 1.21 bits per heavy atom. The highest BCUT2D eigenvalue weighted by Gasteiger charge is 2.06. The highest BCUT2D eigenvalue weighted by molar-refractivity contribution is 9.10. The number of aromatic nitrogens is 2. The minimum absolute atomic E-state index is 0.797. The van der Waals surface area contributed by atoms with Crippen LogP contribution in [0.5, 0.6) is 5.88 Å². The van der Waals surface area contributed by atoms with Crippen LogP contribution in [0.25, 0.3) is 5.65 Å². The predicted octanol–water partition coefficient (Wildman–Crippen LogP) is 3.70. The van der Waals surface area contributed by atoms with E-state index in [0.717, 1.165) is 28.1 Å². The predicted molar refractivity (Wildman–Crippen MR) is 78.7 cm³/mol. The van der Waals surface area contributed by atoms with Crippen LogP contribution >= 0.6 is 15.9 Å². The second-order valence-corrected chi connectivity index (χ2v) is 5.25. The van der Waals surface area contributed by atoms with Crippen LogP contribution in [0.2, 0.25) is 0 Å². The molecule has 1 aromatic carbocycles. The first-order chi connectivity index (χ1) is 9.26. The fraction of sp³-hybridized carbons (Fsp3) is 0.133. The lowest BCUT2D eigenvalue weighted by Crippen LogP contribution is -1.91. The van der Waals surface area contributed by atoms with Gasteiger partial charge in [-0.15, -0.1) is 0 Å². The second kappa shape index (κ2) is 5.05. The van der Waals surface area contributed by atoms with Gasteiger partial charge < -0.3 is 4.74 Å². The Hall–Kier alpha value is -1.81. The number of imidazole rings is 1. The highest BCUT2D eigenvalue weighted by Crippen LogP contribution is 2.18. The summed E-state index contributed by atoms with van der Waals surface area (Å²) in [6, 6.07) is 14.1. The van der Waals surface area contributed by atoms with E-state index in [1.54, 1.807) is 7.11 Å². The summed E-state index contributed by atoms with van der Waals surface area (Å²) >= 11 is 3.49. The van der Waals surface area contributed by atoms with Crippen LogP contribution in [-0.2, 0) is 6.42 Å². The maximum Gasteiger partial charge on any atom is 0.198 e. The summed E-state index contributed by atoms with van der Waals surface area (Å²) in [6.45, 7) is 0. The van der Waals surface area contributed by atoms with Crippen molar-refractivity contribution in [1.82, 2.24) is 9.38 Å². The monoisotopic (exact) mass is 316 g/mol. The molecule has 19 heavy (non-hydrogen) atoms. The van der Waals surface area contributed by atoms with Gasteiger partial charge in [0.2, 0.25) is 0 Å². The summed E-state index contributed by atoms with van der Waals surface area (Å²) < 4.78 is 8.38. The molecule has 0 aliphatic carbocycles. The summed E-state index contributed by atoms with van der Waals surface area (Å²) in [7, 11) is 1.67. The maximum atomic E-state index is 5.33. The molecule has 0 bridgehead atoms. The number of rotatable bonds is 3. The first-order valence-electron chi connectivity index (χ1n) is 6.02. The van der Waals surface area contributed by atoms with Crippen molar-refractivity contribution in [3.63, 3.8) is 0 Å². The van der Waals surface area contributed by atoms with Gasteiger partial charge in [0.1, 0.15) is 5.65 Å². The van der Waals surface area contributed by atoms with Crippen LogP contribution in [0.3, 0.4) is 0 Å². The average Bonchev–Trinajstić information content (AvgIpc) is 2.80. The molecule has 96 valence electrons. The Bertz CT molecular complexity index is 721. The molecule has 3 aromatic rings. The third kappa shape index (κ3) is 2.49. The number of fused-ring (bicyclic) bond motifs is 1. The van der Waals surface area contributed by atoms with Crippen molar-refractivity contribution in [2.75, 3.05) is 7.11 Å². The minimum Gasteiger partial charge on any atom is -0.482 e. The topological polar surface area (TPSA) is 26.5 Å². The summed E-state index contributed by atoms with van der Waals surface area (Å²) in [5.74, 6) is 0.797. The van der Waals surface area contributed by atoms with Crippen LogP contribution in [-0.4, -0.2) is 16.5 Å². The number of ether oxygens (including phenoxy) is 1. The first-order valence-corrected chi connectivity index (χ1v) is 6.81. The molecule has 0 amide bonds. The van der Waals surface area contributed by atoms with Gasteiger partial charge in [-0.25, -0.2) is 4.98 Å². The van der Waals surface area contributed by atoms with Gasteiger partial charge >= 0.3 is 0 Å². The first kappa shape index (κ1) is 12.2. The maximum absolute atomic E-state index is 5.33. The molecule has 3 rings (SSSR count). The summed E-state index contributed by atoms with van der Waals surface area (Å²) in [5.41, 5.74) is 3.17. The Labute approximate surface area is 120 Å². The van der Waals surface area contributed by atoms with E-state index in [9.17, 15) is 0 Å². The summed E-state index contributed by atoms with van der Waals surface area (Å²) in [5, 5.41) is 0. The van der Waals surface area contributed by atoms with Gasteiger partial charge in [-0.1, -0.05) is 34.1 Å². The van der Waals surface area contributed by atoms with Crippen molar-refractivity contribution in [1.29, 1.82) is 0 Å². The zero-order valence-corrected chi connectivity index (χ0v) is 12.1. The molecule has 0 spiro atoms. The van der Waals surface area contributed by atoms with Gasteiger partial charge in [-0.2, -0.15) is 0 Å². The van der Waals surface area contributed by atoms with Crippen molar-refractivity contribution in [3.05, 3.63) is 64.4 Å². The molecule has 4 heteroatoms. The average molecular weight is 317 g/mol. The standard InChI is InChI=1S/C15H13BrN2O/c1-19-15-7-3-6-14-17-13(10-18(14)15)9-11-4-2-5-12(16)8-11/h2-8,10H,9H2,1H3. The number of hydrogen-bond acceptors (Lipinski definition) is 2. The van der Waals surface area contributed by atoms with Crippen molar-refractivity contribution in [3.8, 4) is 5.88 Å². The molecule has 0 saturated carbocycles. The molecular weight excluding hydrogens is 304 g/mol. The zero-order valence-electron chi connectivity index (χ0n) is 10.5. The highest BCUT2D eigenvalue weighted by atomic mass is 79.9. The Kier molecular flexibility index (Phi) is 3.25. The van der Waals surface area contributed by atoms with Crippen LogP contribution in [0.15, 0.2) is 53.1 Å². The van der Waals surface area contributed by atoms with Gasteiger partial charge in [-0.3, -0.25) is 4.40 Å². The lowest BCUT2D eigenvalue weighted by Gasteiger charge is -2.01. The van der Waals surface area contributed by atoms with Crippen LogP contribution < -0.4 is 4.74 Å². The minimum atomic E-state index is 0.797. The van der Waals surface area contributed by atoms with E-state index in [2.05, 4.69) is 33.0 Å².